The van der Waals surface area contributed by atoms with Gasteiger partial charge < -0.3 is 0 Å². The molecule has 0 radical (unpaired) electrons. The zero-order valence-electron chi connectivity index (χ0n) is 12.2. The highest BCUT2D eigenvalue weighted by Gasteiger charge is 2.39. The van der Waals surface area contributed by atoms with E-state index < -0.39 is 0 Å². The number of piperazine rings is 1. The van der Waals surface area contributed by atoms with E-state index in [0.717, 1.165) is 24.0 Å². The molecule has 0 aromatic carbocycles. The van der Waals surface area contributed by atoms with Crippen LogP contribution in [0.3, 0.4) is 0 Å². The molecule has 0 bridgehead atoms. The van der Waals surface area contributed by atoms with Crippen LogP contribution in [0.15, 0.2) is 0 Å². The lowest BCUT2D eigenvalue weighted by Crippen LogP contribution is -2.60. The Morgan fingerprint density at radius 2 is 1.82 bits per heavy atom. The summed E-state index contributed by atoms with van der Waals surface area (Å²) in [6.07, 6.45) is 5.48. The van der Waals surface area contributed by atoms with Crippen molar-refractivity contribution in [3.05, 3.63) is 0 Å². The summed E-state index contributed by atoms with van der Waals surface area (Å²) < 4.78 is 0. The monoisotopic (exact) mass is 238 g/mol. The standard InChI is InChI=1S/C15H30N2/c1-5-13(6-2)17-10-14-8-7-9-16(14)11-15(17)12(3)4/h12-15H,5-11H2,1-4H3. The molecule has 0 spiro atoms. The number of rotatable bonds is 4. The molecule has 0 aromatic rings. The lowest BCUT2D eigenvalue weighted by Gasteiger charge is -2.48. The molecule has 2 atom stereocenters. The highest BCUT2D eigenvalue weighted by molar-refractivity contribution is 4.95. The van der Waals surface area contributed by atoms with Crippen LogP contribution in [0.4, 0.5) is 0 Å². The summed E-state index contributed by atoms with van der Waals surface area (Å²) in [6, 6.07) is 2.46. The quantitative estimate of drug-likeness (QED) is 0.743. The van der Waals surface area contributed by atoms with Crippen LogP contribution in [-0.4, -0.2) is 47.6 Å². The van der Waals surface area contributed by atoms with Gasteiger partial charge in [0.05, 0.1) is 0 Å². The molecule has 2 heteroatoms. The van der Waals surface area contributed by atoms with Crippen LogP contribution in [-0.2, 0) is 0 Å². The summed E-state index contributed by atoms with van der Waals surface area (Å²) in [5.41, 5.74) is 0. The number of hydrogen-bond donors (Lipinski definition) is 0. The Hall–Kier alpha value is -0.0800. The Kier molecular flexibility index (Phi) is 4.48. The third-order valence-corrected chi connectivity index (χ3v) is 4.95. The molecule has 0 N–H and O–H groups in total. The Morgan fingerprint density at radius 1 is 1.12 bits per heavy atom. The predicted octanol–water partition coefficient (Wildman–Crippen LogP) is 2.98. The molecule has 0 saturated carbocycles. The summed E-state index contributed by atoms with van der Waals surface area (Å²) in [5.74, 6) is 0.789. The Morgan fingerprint density at radius 3 is 2.41 bits per heavy atom. The first-order chi connectivity index (χ1) is 8.17. The predicted molar refractivity (Wildman–Crippen MR) is 74.3 cm³/mol. The fourth-order valence-corrected chi connectivity index (χ4v) is 3.84. The number of hydrogen-bond acceptors (Lipinski definition) is 2. The van der Waals surface area contributed by atoms with E-state index in [1.807, 2.05) is 0 Å². The second-order valence-corrected chi connectivity index (χ2v) is 6.27. The first-order valence-electron chi connectivity index (χ1n) is 7.67. The van der Waals surface area contributed by atoms with Crippen molar-refractivity contribution in [2.24, 2.45) is 5.92 Å². The van der Waals surface area contributed by atoms with Crippen LogP contribution in [0, 0.1) is 5.92 Å². The van der Waals surface area contributed by atoms with Crippen molar-refractivity contribution in [1.29, 1.82) is 0 Å². The zero-order chi connectivity index (χ0) is 12.4. The van der Waals surface area contributed by atoms with E-state index in [2.05, 4.69) is 37.5 Å². The van der Waals surface area contributed by atoms with Crippen molar-refractivity contribution in [3.8, 4) is 0 Å². The lowest BCUT2D eigenvalue weighted by atomic mass is 9.94. The molecular weight excluding hydrogens is 208 g/mol. The van der Waals surface area contributed by atoms with E-state index in [0.29, 0.717) is 0 Å². The maximum absolute atomic E-state index is 2.84. The maximum atomic E-state index is 2.84. The van der Waals surface area contributed by atoms with Crippen molar-refractivity contribution in [3.63, 3.8) is 0 Å². The molecule has 2 unspecified atom stereocenters. The van der Waals surface area contributed by atoms with Crippen LogP contribution in [0.25, 0.3) is 0 Å². The van der Waals surface area contributed by atoms with Gasteiger partial charge in [0.15, 0.2) is 0 Å². The molecule has 100 valence electrons. The van der Waals surface area contributed by atoms with E-state index in [1.165, 1.54) is 45.3 Å². The smallest absolute Gasteiger partial charge is 0.0249 e. The number of nitrogens with zero attached hydrogens (tertiary/aromatic N) is 2. The van der Waals surface area contributed by atoms with Gasteiger partial charge >= 0.3 is 0 Å². The fourth-order valence-electron chi connectivity index (χ4n) is 3.84. The minimum atomic E-state index is 0.786. The molecule has 0 amide bonds. The first-order valence-corrected chi connectivity index (χ1v) is 7.67. The largest absolute Gasteiger partial charge is 0.298 e. The van der Waals surface area contributed by atoms with Crippen molar-refractivity contribution >= 4 is 0 Å². The van der Waals surface area contributed by atoms with Crippen molar-refractivity contribution < 1.29 is 0 Å². The van der Waals surface area contributed by atoms with Crippen molar-refractivity contribution in [1.82, 2.24) is 9.80 Å². The second kappa shape index (κ2) is 5.71. The van der Waals surface area contributed by atoms with Crippen LogP contribution in [0.1, 0.15) is 53.4 Å². The number of fused-ring (bicyclic) bond motifs is 1. The van der Waals surface area contributed by atoms with Gasteiger partial charge in [-0.3, -0.25) is 9.80 Å². The highest BCUT2D eigenvalue weighted by Crippen LogP contribution is 2.30. The lowest BCUT2D eigenvalue weighted by molar-refractivity contribution is -0.00212. The summed E-state index contributed by atoms with van der Waals surface area (Å²) in [6.45, 7) is 13.5. The summed E-state index contributed by atoms with van der Waals surface area (Å²) >= 11 is 0. The van der Waals surface area contributed by atoms with Crippen molar-refractivity contribution in [2.45, 2.75) is 71.5 Å². The van der Waals surface area contributed by atoms with Crippen LogP contribution in [0.5, 0.6) is 0 Å². The summed E-state index contributed by atoms with van der Waals surface area (Å²) in [4.78, 5) is 5.60. The molecule has 2 nitrogen and oxygen atoms in total. The van der Waals surface area contributed by atoms with Crippen LogP contribution < -0.4 is 0 Å². The van der Waals surface area contributed by atoms with Crippen LogP contribution in [0.2, 0.25) is 0 Å². The van der Waals surface area contributed by atoms with E-state index in [9.17, 15) is 0 Å². The van der Waals surface area contributed by atoms with Crippen LogP contribution >= 0.6 is 0 Å². The first kappa shape index (κ1) is 13.4. The van der Waals surface area contributed by atoms with E-state index in [-0.39, 0.29) is 0 Å². The molecule has 2 saturated heterocycles. The molecule has 0 aromatic heterocycles. The average Bonchev–Trinajstić information content (AvgIpc) is 2.76. The minimum absolute atomic E-state index is 0.786. The molecule has 2 rings (SSSR count). The highest BCUT2D eigenvalue weighted by atomic mass is 15.3. The Balaban J connectivity index is 2.09. The van der Waals surface area contributed by atoms with Gasteiger partial charge in [0.25, 0.3) is 0 Å². The molecule has 17 heavy (non-hydrogen) atoms. The van der Waals surface area contributed by atoms with Gasteiger partial charge in [-0.2, -0.15) is 0 Å². The summed E-state index contributed by atoms with van der Waals surface area (Å²) in [7, 11) is 0. The summed E-state index contributed by atoms with van der Waals surface area (Å²) in [5, 5.41) is 0. The van der Waals surface area contributed by atoms with Crippen molar-refractivity contribution in [2.75, 3.05) is 19.6 Å². The van der Waals surface area contributed by atoms with Gasteiger partial charge in [-0.05, 0) is 38.1 Å². The average molecular weight is 238 g/mol. The second-order valence-electron chi connectivity index (χ2n) is 6.27. The third-order valence-electron chi connectivity index (χ3n) is 4.95. The third kappa shape index (κ3) is 2.68. The molecule has 2 aliphatic rings. The van der Waals surface area contributed by atoms with E-state index in [1.54, 1.807) is 0 Å². The minimum Gasteiger partial charge on any atom is -0.298 e. The zero-order valence-corrected chi connectivity index (χ0v) is 12.2. The van der Waals surface area contributed by atoms with Gasteiger partial charge in [-0.25, -0.2) is 0 Å². The van der Waals surface area contributed by atoms with E-state index in [4.69, 9.17) is 0 Å². The Bertz CT molecular complexity index is 235. The SMILES string of the molecule is CCC(CC)N1CC2CCCN2CC1C(C)C. The van der Waals surface area contributed by atoms with Gasteiger partial charge in [-0.1, -0.05) is 27.7 Å². The van der Waals surface area contributed by atoms with Gasteiger partial charge in [0, 0.05) is 31.2 Å². The molecular formula is C15H30N2. The normalized spacial score (nSPS) is 31.4. The molecule has 2 aliphatic heterocycles. The fraction of sp³-hybridized carbons (Fsp3) is 1.00. The van der Waals surface area contributed by atoms with E-state index >= 15 is 0 Å². The molecule has 2 fully saturated rings. The molecule has 0 aliphatic carbocycles. The maximum Gasteiger partial charge on any atom is 0.0249 e. The van der Waals surface area contributed by atoms with Gasteiger partial charge in [0.2, 0.25) is 0 Å². The van der Waals surface area contributed by atoms with Gasteiger partial charge in [-0.15, -0.1) is 0 Å². The van der Waals surface area contributed by atoms with Gasteiger partial charge in [0.1, 0.15) is 0 Å². The molecule has 2 heterocycles. The Labute approximate surface area is 107 Å². The topological polar surface area (TPSA) is 6.48 Å².